The van der Waals surface area contributed by atoms with Crippen LogP contribution in [0.1, 0.15) is 11.1 Å². The molecule has 20 heavy (non-hydrogen) atoms. The molecule has 2 nitrogen and oxygen atoms in total. The number of anilines is 1. The van der Waals surface area contributed by atoms with Crippen LogP contribution >= 0.6 is 24.0 Å². The van der Waals surface area contributed by atoms with Gasteiger partial charge in [0.25, 0.3) is 0 Å². The monoisotopic (exact) mass is 302 g/mol. The predicted molar refractivity (Wildman–Crippen MR) is 92.7 cm³/mol. The molecule has 4 heteroatoms. The zero-order valence-electron chi connectivity index (χ0n) is 11.7. The van der Waals surface area contributed by atoms with Crippen LogP contribution in [-0.2, 0) is 6.54 Å². The van der Waals surface area contributed by atoms with Crippen LogP contribution in [0.15, 0.2) is 53.4 Å². The maximum absolute atomic E-state index is 5.91. The molecule has 2 rings (SSSR count). The van der Waals surface area contributed by atoms with Crippen LogP contribution in [0.3, 0.4) is 0 Å². The maximum atomic E-state index is 5.91. The zero-order valence-corrected chi connectivity index (χ0v) is 13.3. The van der Waals surface area contributed by atoms with Gasteiger partial charge in [-0.25, -0.2) is 0 Å². The van der Waals surface area contributed by atoms with Gasteiger partial charge < -0.3 is 10.6 Å². The Labute approximate surface area is 130 Å². The number of hydrogen-bond acceptors (Lipinski definition) is 3. The SMILES string of the molecule is CSc1cccc(N(C)Cc2ccccc2)c1C(N)=S. The summed E-state index contributed by atoms with van der Waals surface area (Å²) in [5.41, 5.74) is 9.22. The van der Waals surface area contributed by atoms with Gasteiger partial charge in [-0.2, -0.15) is 0 Å². The summed E-state index contributed by atoms with van der Waals surface area (Å²) < 4.78 is 0. The highest BCUT2D eigenvalue weighted by Gasteiger charge is 2.13. The molecule has 0 unspecified atom stereocenters. The molecule has 104 valence electrons. The number of thioether (sulfide) groups is 1. The zero-order chi connectivity index (χ0) is 14.5. The largest absolute Gasteiger partial charge is 0.389 e. The summed E-state index contributed by atoms with van der Waals surface area (Å²) in [5, 5.41) is 0. The first-order valence-electron chi connectivity index (χ1n) is 6.35. The third kappa shape index (κ3) is 3.32. The van der Waals surface area contributed by atoms with Gasteiger partial charge in [0.2, 0.25) is 0 Å². The van der Waals surface area contributed by atoms with E-state index in [-0.39, 0.29) is 0 Å². The molecule has 2 aromatic rings. The van der Waals surface area contributed by atoms with Gasteiger partial charge in [-0.1, -0.05) is 48.6 Å². The van der Waals surface area contributed by atoms with E-state index in [1.54, 1.807) is 11.8 Å². The van der Waals surface area contributed by atoms with E-state index in [1.807, 2.05) is 18.4 Å². The van der Waals surface area contributed by atoms with Gasteiger partial charge in [0.15, 0.2) is 0 Å². The Balaban J connectivity index is 2.34. The number of nitrogens with two attached hydrogens (primary N) is 1. The van der Waals surface area contributed by atoms with Crippen LogP contribution in [0.25, 0.3) is 0 Å². The van der Waals surface area contributed by atoms with Gasteiger partial charge in [-0.15, -0.1) is 11.8 Å². The molecule has 0 radical (unpaired) electrons. The summed E-state index contributed by atoms with van der Waals surface area (Å²) in [4.78, 5) is 3.75. The minimum atomic E-state index is 0.449. The summed E-state index contributed by atoms with van der Waals surface area (Å²) in [6.45, 7) is 0.828. The quantitative estimate of drug-likeness (QED) is 0.674. The fourth-order valence-corrected chi connectivity index (χ4v) is 3.11. The van der Waals surface area contributed by atoms with Crippen molar-refractivity contribution in [3.63, 3.8) is 0 Å². The predicted octanol–water partition coefficient (Wildman–Crippen LogP) is 3.68. The van der Waals surface area contributed by atoms with Gasteiger partial charge in [-0.3, -0.25) is 0 Å². The summed E-state index contributed by atoms with van der Waals surface area (Å²) in [6.07, 6.45) is 2.04. The minimum absolute atomic E-state index is 0.449. The van der Waals surface area contributed by atoms with Crippen LogP contribution in [-0.4, -0.2) is 18.3 Å². The summed E-state index contributed by atoms with van der Waals surface area (Å²) in [6, 6.07) is 16.5. The molecule has 0 saturated carbocycles. The average molecular weight is 302 g/mol. The van der Waals surface area contributed by atoms with E-state index >= 15 is 0 Å². The summed E-state index contributed by atoms with van der Waals surface area (Å²) >= 11 is 6.89. The number of benzene rings is 2. The van der Waals surface area contributed by atoms with E-state index in [0.717, 1.165) is 22.7 Å². The Hall–Kier alpha value is -1.52. The molecule has 2 aromatic carbocycles. The van der Waals surface area contributed by atoms with E-state index in [0.29, 0.717) is 4.99 Å². The first-order valence-corrected chi connectivity index (χ1v) is 7.98. The second-order valence-corrected chi connectivity index (χ2v) is 5.85. The van der Waals surface area contributed by atoms with E-state index in [1.165, 1.54) is 5.56 Å². The second-order valence-electron chi connectivity index (χ2n) is 4.56. The molecule has 2 N–H and O–H groups in total. The first kappa shape index (κ1) is 14.9. The highest BCUT2D eigenvalue weighted by Crippen LogP contribution is 2.29. The van der Waals surface area contributed by atoms with Gasteiger partial charge >= 0.3 is 0 Å². The van der Waals surface area contributed by atoms with Crippen molar-refractivity contribution in [2.24, 2.45) is 5.73 Å². The Kier molecular flexibility index (Phi) is 5.04. The van der Waals surface area contributed by atoms with Crippen LogP contribution in [0.5, 0.6) is 0 Å². The van der Waals surface area contributed by atoms with Crippen LogP contribution in [0, 0.1) is 0 Å². The summed E-state index contributed by atoms with van der Waals surface area (Å²) in [7, 11) is 2.06. The molecule has 0 atom stereocenters. The summed E-state index contributed by atoms with van der Waals surface area (Å²) in [5.74, 6) is 0. The van der Waals surface area contributed by atoms with Crippen LogP contribution < -0.4 is 10.6 Å². The molecular formula is C16H18N2S2. The highest BCUT2D eigenvalue weighted by atomic mass is 32.2. The fraction of sp³-hybridized carbons (Fsp3) is 0.188. The number of nitrogens with zero attached hydrogens (tertiary/aromatic N) is 1. The van der Waals surface area contributed by atoms with Gasteiger partial charge in [0.05, 0.1) is 0 Å². The normalized spacial score (nSPS) is 10.3. The molecule has 0 amide bonds. The molecule has 0 spiro atoms. The van der Waals surface area contributed by atoms with Crippen molar-refractivity contribution in [2.45, 2.75) is 11.4 Å². The smallest absolute Gasteiger partial charge is 0.107 e. The fourth-order valence-electron chi connectivity index (χ4n) is 2.20. The van der Waals surface area contributed by atoms with Crippen molar-refractivity contribution in [3.05, 3.63) is 59.7 Å². The Morgan fingerprint density at radius 2 is 1.85 bits per heavy atom. The first-order chi connectivity index (χ1) is 9.63. The topological polar surface area (TPSA) is 29.3 Å². The lowest BCUT2D eigenvalue weighted by molar-refractivity contribution is 0.919. The highest BCUT2D eigenvalue weighted by molar-refractivity contribution is 7.98. The van der Waals surface area contributed by atoms with Crippen molar-refractivity contribution in [3.8, 4) is 0 Å². The van der Waals surface area contributed by atoms with E-state index < -0.39 is 0 Å². The number of hydrogen-bond donors (Lipinski definition) is 1. The molecule has 0 fully saturated rings. The van der Waals surface area contributed by atoms with Crippen molar-refractivity contribution < 1.29 is 0 Å². The molecule has 0 aromatic heterocycles. The van der Waals surface area contributed by atoms with E-state index in [4.69, 9.17) is 18.0 Å². The third-order valence-electron chi connectivity index (χ3n) is 3.14. The standard InChI is InChI=1S/C16H18N2S2/c1-18(11-12-7-4-3-5-8-12)13-9-6-10-14(20-2)15(13)16(17)19/h3-10H,11H2,1-2H3,(H2,17,19). The van der Waals surface area contributed by atoms with Gasteiger partial charge in [0.1, 0.15) is 4.99 Å². The Morgan fingerprint density at radius 1 is 1.15 bits per heavy atom. The van der Waals surface area contributed by atoms with Gasteiger partial charge in [0, 0.05) is 29.7 Å². The van der Waals surface area contributed by atoms with Crippen molar-refractivity contribution in [1.82, 2.24) is 0 Å². The Bertz CT molecular complexity index is 597. The second kappa shape index (κ2) is 6.77. The number of rotatable bonds is 5. The van der Waals surface area contributed by atoms with Gasteiger partial charge in [-0.05, 0) is 24.0 Å². The lowest BCUT2D eigenvalue weighted by Gasteiger charge is -2.23. The van der Waals surface area contributed by atoms with E-state index in [9.17, 15) is 0 Å². The lowest BCUT2D eigenvalue weighted by atomic mass is 10.1. The van der Waals surface area contributed by atoms with Crippen LogP contribution in [0.2, 0.25) is 0 Å². The van der Waals surface area contributed by atoms with Crippen LogP contribution in [0.4, 0.5) is 5.69 Å². The maximum Gasteiger partial charge on any atom is 0.107 e. The van der Waals surface area contributed by atoms with Crippen molar-refractivity contribution >= 4 is 34.7 Å². The number of thiocarbonyl (C=S) groups is 1. The van der Waals surface area contributed by atoms with E-state index in [2.05, 4.69) is 48.3 Å². The molecule has 0 saturated heterocycles. The molecule has 0 heterocycles. The molecular weight excluding hydrogens is 284 g/mol. The third-order valence-corrected chi connectivity index (χ3v) is 4.13. The average Bonchev–Trinajstić information content (AvgIpc) is 2.47. The molecule has 0 aliphatic heterocycles. The van der Waals surface area contributed by atoms with Crippen molar-refractivity contribution in [2.75, 3.05) is 18.2 Å². The Morgan fingerprint density at radius 3 is 2.45 bits per heavy atom. The molecule has 0 bridgehead atoms. The minimum Gasteiger partial charge on any atom is -0.389 e. The van der Waals surface area contributed by atoms with Crippen molar-refractivity contribution in [1.29, 1.82) is 0 Å². The molecule has 0 aliphatic rings. The molecule has 0 aliphatic carbocycles. The lowest BCUT2D eigenvalue weighted by Crippen LogP contribution is -2.22.